The van der Waals surface area contributed by atoms with Gasteiger partial charge in [-0.2, -0.15) is 5.26 Å². The average Bonchev–Trinajstić information content (AvgIpc) is 2.78. The third kappa shape index (κ3) is 2.53. The minimum atomic E-state index is -0.735. The third-order valence-corrected chi connectivity index (χ3v) is 3.06. The summed E-state index contributed by atoms with van der Waals surface area (Å²) in [6.07, 6.45) is 3.68. The number of nitrogens with zero attached hydrogens (tertiary/aromatic N) is 2. The van der Waals surface area contributed by atoms with Crippen LogP contribution < -0.4 is 5.32 Å². The Labute approximate surface area is 99.1 Å². The molecule has 0 bridgehead atoms. The highest BCUT2D eigenvalue weighted by Gasteiger charge is 2.29. The Hall–Kier alpha value is -2.09. The van der Waals surface area contributed by atoms with Gasteiger partial charge >= 0.3 is 5.97 Å². The maximum atomic E-state index is 10.8. The van der Waals surface area contributed by atoms with E-state index in [1.54, 1.807) is 18.3 Å². The number of rotatable bonds is 3. The molecule has 0 unspecified atom stereocenters. The fraction of sp³-hybridized carbons (Fsp3) is 0.417. The van der Waals surface area contributed by atoms with Gasteiger partial charge in [0.25, 0.3) is 0 Å². The first kappa shape index (κ1) is 11.4. The summed E-state index contributed by atoms with van der Waals surface area (Å²) in [4.78, 5) is 14.8. The van der Waals surface area contributed by atoms with Crippen molar-refractivity contribution in [3.05, 3.63) is 24.0 Å². The van der Waals surface area contributed by atoms with Crippen LogP contribution in [0, 0.1) is 17.2 Å². The average molecular weight is 231 g/mol. The molecule has 0 aromatic carbocycles. The molecular weight excluding hydrogens is 218 g/mol. The Morgan fingerprint density at radius 1 is 1.59 bits per heavy atom. The smallest absolute Gasteiger partial charge is 0.306 e. The summed E-state index contributed by atoms with van der Waals surface area (Å²) in [5.74, 6) is -1.00. The van der Waals surface area contributed by atoms with E-state index in [-0.39, 0.29) is 12.0 Å². The predicted octanol–water partition coefficient (Wildman–Crippen LogP) is 1.62. The normalized spacial score (nSPS) is 23.0. The van der Waals surface area contributed by atoms with Crippen LogP contribution in [-0.4, -0.2) is 22.1 Å². The molecule has 1 aliphatic carbocycles. The number of hydrogen-bond donors (Lipinski definition) is 2. The van der Waals surface area contributed by atoms with E-state index in [4.69, 9.17) is 10.4 Å². The number of carboxylic acids is 1. The molecule has 1 saturated carbocycles. The first-order valence-electron chi connectivity index (χ1n) is 5.55. The Morgan fingerprint density at radius 3 is 3.06 bits per heavy atom. The highest BCUT2D eigenvalue weighted by atomic mass is 16.4. The molecule has 1 fully saturated rings. The van der Waals surface area contributed by atoms with Crippen molar-refractivity contribution in [2.45, 2.75) is 25.3 Å². The van der Waals surface area contributed by atoms with Gasteiger partial charge in [0.1, 0.15) is 6.07 Å². The van der Waals surface area contributed by atoms with Crippen molar-refractivity contribution in [3.8, 4) is 6.07 Å². The third-order valence-electron chi connectivity index (χ3n) is 3.06. The van der Waals surface area contributed by atoms with Gasteiger partial charge in [-0.1, -0.05) is 0 Å². The van der Waals surface area contributed by atoms with E-state index < -0.39 is 5.97 Å². The van der Waals surface area contributed by atoms with Gasteiger partial charge in [0.2, 0.25) is 0 Å². The molecule has 0 spiro atoms. The summed E-state index contributed by atoms with van der Waals surface area (Å²) in [6.45, 7) is 0. The summed E-state index contributed by atoms with van der Waals surface area (Å²) in [7, 11) is 0. The zero-order chi connectivity index (χ0) is 12.3. The number of carbonyl (C=O) groups is 1. The van der Waals surface area contributed by atoms with Crippen LogP contribution in [0.3, 0.4) is 0 Å². The van der Waals surface area contributed by atoms with Crippen LogP contribution in [-0.2, 0) is 4.79 Å². The molecule has 2 rings (SSSR count). The molecule has 5 heteroatoms. The lowest BCUT2D eigenvalue weighted by molar-refractivity contribution is -0.141. The summed E-state index contributed by atoms with van der Waals surface area (Å²) in [5, 5.41) is 21.0. The molecule has 0 radical (unpaired) electrons. The maximum absolute atomic E-state index is 10.8. The van der Waals surface area contributed by atoms with Gasteiger partial charge in [0, 0.05) is 12.2 Å². The van der Waals surface area contributed by atoms with Gasteiger partial charge in [0.05, 0.1) is 11.6 Å². The van der Waals surface area contributed by atoms with Gasteiger partial charge in [-0.15, -0.1) is 0 Å². The van der Waals surface area contributed by atoms with Crippen molar-refractivity contribution < 1.29 is 9.90 Å². The molecule has 5 nitrogen and oxygen atoms in total. The monoisotopic (exact) mass is 231 g/mol. The first-order valence-corrected chi connectivity index (χ1v) is 5.55. The van der Waals surface area contributed by atoms with Crippen molar-refractivity contribution in [1.82, 2.24) is 4.98 Å². The van der Waals surface area contributed by atoms with Crippen LogP contribution in [0.2, 0.25) is 0 Å². The van der Waals surface area contributed by atoms with E-state index in [1.165, 1.54) is 0 Å². The lowest BCUT2D eigenvalue weighted by Gasteiger charge is -2.14. The van der Waals surface area contributed by atoms with Gasteiger partial charge in [-0.05, 0) is 31.4 Å². The van der Waals surface area contributed by atoms with Crippen molar-refractivity contribution in [2.75, 3.05) is 5.32 Å². The van der Waals surface area contributed by atoms with Crippen LogP contribution in [0.4, 0.5) is 5.69 Å². The number of nitriles is 1. The zero-order valence-corrected chi connectivity index (χ0v) is 9.26. The molecule has 1 aliphatic rings. The minimum absolute atomic E-state index is 0.118. The SMILES string of the molecule is N#Cc1ncccc1N[C@H]1CC[C@@H](C(=O)O)C1. The van der Waals surface area contributed by atoms with E-state index in [0.29, 0.717) is 24.2 Å². The summed E-state index contributed by atoms with van der Waals surface area (Å²) >= 11 is 0. The van der Waals surface area contributed by atoms with Crippen LogP contribution in [0.25, 0.3) is 0 Å². The number of aliphatic carboxylic acids is 1. The molecule has 2 N–H and O–H groups in total. The molecule has 0 aliphatic heterocycles. The second kappa shape index (κ2) is 4.83. The Balaban J connectivity index is 2.03. The molecule has 1 aromatic rings. The lowest BCUT2D eigenvalue weighted by atomic mass is 10.1. The number of aromatic nitrogens is 1. The van der Waals surface area contributed by atoms with Crippen molar-refractivity contribution >= 4 is 11.7 Å². The lowest BCUT2D eigenvalue weighted by Crippen LogP contribution is -2.18. The van der Waals surface area contributed by atoms with Gasteiger partial charge < -0.3 is 10.4 Å². The second-order valence-electron chi connectivity index (χ2n) is 4.20. The van der Waals surface area contributed by atoms with Crippen LogP contribution in [0.15, 0.2) is 18.3 Å². The quantitative estimate of drug-likeness (QED) is 0.825. The van der Waals surface area contributed by atoms with Crippen LogP contribution in [0.5, 0.6) is 0 Å². The second-order valence-corrected chi connectivity index (χ2v) is 4.20. The summed E-state index contributed by atoms with van der Waals surface area (Å²) in [6, 6.07) is 5.68. The molecule has 17 heavy (non-hydrogen) atoms. The molecule has 0 saturated heterocycles. The van der Waals surface area contributed by atoms with Gasteiger partial charge in [-0.3, -0.25) is 4.79 Å². The van der Waals surface area contributed by atoms with Crippen molar-refractivity contribution in [1.29, 1.82) is 5.26 Å². The summed E-state index contributed by atoms with van der Waals surface area (Å²) < 4.78 is 0. The summed E-state index contributed by atoms with van der Waals surface area (Å²) in [5.41, 5.74) is 1.04. The van der Waals surface area contributed by atoms with Crippen LogP contribution >= 0.6 is 0 Å². The van der Waals surface area contributed by atoms with E-state index in [9.17, 15) is 4.79 Å². The van der Waals surface area contributed by atoms with Gasteiger partial charge in [0.15, 0.2) is 5.69 Å². The number of hydrogen-bond acceptors (Lipinski definition) is 4. The van der Waals surface area contributed by atoms with E-state index in [1.807, 2.05) is 6.07 Å². The predicted molar refractivity (Wildman–Crippen MR) is 61.3 cm³/mol. The van der Waals surface area contributed by atoms with Crippen molar-refractivity contribution in [2.24, 2.45) is 5.92 Å². The van der Waals surface area contributed by atoms with Crippen molar-refractivity contribution in [3.63, 3.8) is 0 Å². The Kier molecular flexibility index (Phi) is 3.24. The minimum Gasteiger partial charge on any atom is -0.481 e. The first-order chi connectivity index (χ1) is 8.20. The molecule has 1 aromatic heterocycles. The molecule has 88 valence electrons. The standard InChI is InChI=1S/C12H13N3O2/c13-7-11-10(2-1-5-14-11)15-9-4-3-8(6-9)12(16)17/h1-2,5,8-9,15H,3-4,6H2,(H,16,17)/t8-,9+/m1/s1. The van der Waals surface area contributed by atoms with E-state index >= 15 is 0 Å². The highest BCUT2D eigenvalue weighted by Crippen LogP contribution is 2.28. The molecule has 1 heterocycles. The number of pyridine rings is 1. The fourth-order valence-electron chi connectivity index (χ4n) is 2.17. The topological polar surface area (TPSA) is 86.0 Å². The Morgan fingerprint density at radius 2 is 2.41 bits per heavy atom. The van der Waals surface area contributed by atoms with Gasteiger partial charge in [-0.25, -0.2) is 4.98 Å². The largest absolute Gasteiger partial charge is 0.481 e. The number of anilines is 1. The number of carboxylic acid groups (broad SMARTS) is 1. The molecule has 2 atom stereocenters. The van der Waals surface area contributed by atoms with E-state index in [0.717, 1.165) is 6.42 Å². The zero-order valence-electron chi connectivity index (χ0n) is 9.26. The highest BCUT2D eigenvalue weighted by molar-refractivity contribution is 5.70. The fourth-order valence-corrected chi connectivity index (χ4v) is 2.17. The molecule has 0 amide bonds. The maximum Gasteiger partial charge on any atom is 0.306 e. The number of nitrogens with one attached hydrogen (secondary N) is 1. The van der Waals surface area contributed by atoms with E-state index in [2.05, 4.69) is 10.3 Å². The Bertz CT molecular complexity index is 467. The molecular formula is C12H13N3O2. The van der Waals surface area contributed by atoms with Crippen LogP contribution in [0.1, 0.15) is 25.0 Å².